The molecule has 0 saturated carbocycles. The molecular weight excluding hydrogens is 933 g/mol. The molecule has 0 bridgehead atoms. The molecule has 4 nitrogen and oxygen atoms in total. The Morgan fingerprint density at radius 3 is 1.03 bits per heavy atom. The number of benzene rings is 1. The molecule has 8 heteroatoms. The summed E-state index contributed by atoms with van der Waals surface area (Å²) in [4.78, 5) is 16.0. The van der Waals surface area contributed by atoms with E-state index in [0.717, 1.165) is 60.4 Å². The number of hydrogen-bond donors (Lipinski definition) is 0. The summed E-state index contributed by atoms with van der Waals surface area (Å²) in [5.74, 6) is 3.16. The number of unbranched alkanes of at least 4 members (excludes halogenated alkanes) is 24. The summed E-state index contributed by atoms with van der Waals surface area (Å²) in [7, 11) is 0. The third-order valence-corrected chi connectivity index (χ3v) is 19.8. The number of ether oxygens (including phenoxy) is 2. The van der Waals surface area contributed by atoms with Gasteiger partial charge in [-0.25, -0.2) is 9.97 Å². The number of thiazole rings is 2. The van der Waals surface area contributed by atoms with Crippen LogP contribution in [0.2, 0.25) is 0 Å². The van der Waals surface area contributed by atoms with Gasteiger partial charge >= 0.3 is 0 Å². The zero-order valence-electron chi connectivity index (χ0n) is 46.1. The maximum atomic E-state index is 7.17. The Hall–Kier alpha value is -2.00. The zero-order valence-corrected chi connectivity index (χ0v) is 49.4. The third kappa shape index (κ3) is 19.4. The molecule has 2 atom stereocenters. The first kappa shape index (κ1) is 58.9. The largest absolute Gasteiger partial charge is 0.491 e. The summed E-state index contributed by atoms with van der Waals surface area (Å²) < 4.78 is 16.8. The zero-order chi connectivity index (χ0) is 49.8. The molecule has 0 fully saturated rings. The minimum Gasteiger partial charge on any atom is -0.491 e. The van der Waals surface area contributed by atoms with Crippen molar-refractivity contribution in [1.29, 1.82) is 0 Å². The Balaban J connectivity index is 1.36. The number of thiophene rings is 2. The fourth-order valence-electron chi connectivity index (χ4n) is 10.2. The van der Waals surface area contributed by atoms with Gasteiger partial charge in [-0.3, -0.25) is 0 Å². The lowest BCUT2D eigenvalue weighted by atomic mass is 10.0. The minimum atomic E-state index is 0.538. The maximum absolute atomic E-state index is 7.17. The first-order chi connectivity index (χ1) is 34.3. The predicted molar refractivity (Wildman–Crippen MR) is 316 cm³/mol. The van der Waals surface area contributed by atoms with Crippen LogP contribution < -0.4 is 9.47 Å². The summed E-state index contributed by atoms with van der Waals surface area (Å²) in [5.41, 5.74) is 2.59. The number of nitrogens with zero attached hydrogens (tertiary/aromatic N) is 2. The van der Waals surface area contributed by atoms with Crippen molar-refractivity contribution in [3.63, 3.8) is 0 Å². The van der Waals surface area contributed by atoms with E-state index in [9.17, 15) is 0 Å². The second-order valence-electron chi connectivity index (χ2n) is 21.1. The Kier molecular flexibility index (Phi) is 29.0. The fraction of sp³-hybridized carbons (Fsp3) is 0.742. The van der Waals surface area contributed by atoms with Crippen LogP contribution >= 0.6 is 45.3 Å². The van der Waals surface area contributed by atoms with Gasteiger partial charge < -0.3 is 9.47 Å². The summed E-state index contributed by atoms with van der Waals surface area (Å²) in [6.45, 7) is 20.0. The van der Waals surface area contributed by atoms with E-state index in [1.807, 2.05) is 45.3 Å². The van der Waals surface area contributed by atoms with Gasteiger partial charge in [0.25, 0.3) is 0 Å². The molecule has 5 aromatic rings. The van der Waals surface area contributed by atoms with Gasteiger partial charge in [0.1, 0.15) is 21.5 Å². The van der Waals surface area contributed by atoms with Gasteiger partial charge in [-0.05, 0) is 76.3 Å². The Bertz CT molecular complexity index is 1940. The van der Waals surface area contributed by atoms with E-state index < -0.39 is 0 Å². The monoisotopic (exact) mass is 1030 g/mol. The van der Waals surface area contributed by atoms with E-state index in [-0.39, 0.29) is 0 Å². The van der Waals surface area contributed by atoms with Crippen molar-refractivity contribution >= 4 is 65.5 Å². The normalized spacial score (nSPS) is 12.8. The van der Waals surface area contributed by atoms with Crippen LogP contribution in [0.1, 0.15) is 268 Å². The van der Waals surface area contributed by atoms with Crippen molar-refractivity contribution < 1.29 is 9.47 Å². The molecule has 2 unspecified atom stereocenters. The Labute approximate surface area is 445 Å². The Morgan fingerprint density at radius 2 is 0.714 bits per heavy atom. The number of rotatable bonds is 42. The first-order valence-electron chi connectivity index (χ1n) is 29.6. The third-order valence-electron chi connectivity index (χ3n) is 15.1. The van der Waals surface area contributed by atoms with Crippen LogP contribution in [0, 0.1) is 25.7 Å². The number of aryl methyl sites for hydroxylation is 4. The van der Waals surface area contributed by atoms with Gasteiger partial charge in [0, 0.05) is 20.5 Å². The summed E-state index contributed by atoms with van der Waals surface area (Å²) in [5, 5.41) is 4.69. The van der Waals surface area contributed by atoms with Gasteiger partial charge in [-0.2, -0.15) is 0 Å². The van der Waals surface area contributed by atoms with E-state index in [2.05, 4.69) is 67.5 Å². The van der Waals surface area contributed by atoms with Crippen LogP contribution in [0.4, 0.5) is 0 Å². The highest BCUT2D eigenvalue weighted by Crippen LogP contribution is 2.53. The predicted octanol–water partition coefficient (Wildman–Crippen LogP) is 22.7. The van der Waals surface area contributed by atoms with Gasteiger partial charge in [0.05, 0.1) is 43.8 Å². The second-order valence-corrected chi connectivity index (χ2v) is 25.7. The molecule has 5 rings (SSSR count). The second kappa shape index (κ2) is 34.5. The molecule has 0 aliphatic carbocycles. The molecule has 0 aliphatic heterocycles. The molecule has 0 amide bonds. The molecule has 0 spiro atoms. The van der Waals surface area contributed by atoms with Crippen LogP contribution in [-0.4, -0.2) is 23.2 Å². The van der Waals surface area contributed by atoms with Crippen LogP contribution in [0.15, 0.2) is 12.1 Å². The van der Waals surface area contributed by atoms with Gasteiger partial charge in [0.2, 0.25) is 0 Å². The first-order valence-corrected chi connectivity index (χ1v) is 32.8. The lowest BCUT2D eigenvalue weighted by Gasteiger charge is -2.19. The van der Waals surface area contributed by atoms with Crippen LogP contribution in [0.5, 0.6) is 11.5 Å². The Morgan fingerprint density at radius 1 is 0.400 bits per heavy atom. The minimum absolute atomic E-state index is 0.538. The molecule has 70 heavy (non-hydrogen) atoms. The smallest absolute Gasteiger partial charge is 0.146 e. The quantitative estimate of drug-likeness (QED) is 0.0365. The summed E-state index contributed by atoms with van der Waals surface area (Å²) >= 11 is 7.50. The van der Waals surface area contributed by atoms with Crippen molar-refractivity contribution in [3.8, 4) is 31.3 Å². The van der Waals surface area contributed by atoms with Crippen LogP contribution in [0.25, 0.3) is 39.9 Å². The van der Waals surface area contributed by atoms with E-state index in [1.165, 1.54) is 244 Å². The van der Waals surface area contributed by atoms with Crippen molar-refractivity contribution in [1.82, 2.24) is 9.97 Å². The van der Waals surface area contributed by atoms with Crippen LogP contribution in [0.3, 0.4) is 0 Å². The standard InChI is InChI=1S/C62H100N2O2S4/c1-9-15-19-21-23-25-27-29-31-33-35-37-41-53-47(7)67-61(63-53)55-43-51-57(65-45-49(13-5)39-17-11-3)60-52(58(59(51)69-55)66-46-50(14-6)40-18-12-4)44-56(70-60)62-64-54(48(8)68-62)42-38-36-34-32-30-28-26-24-22-20-16-10-2/h43-44,49-50H,9-42,45-46H2,1-8H3. The number of fused-ring (bicyclic) bond motifs is 2. The molecular formula is C62H100N2O2S4. The van der Waals surface area contributed by atoms with E-state index in [0.29, 0.717) is 11.8 Å². The number of aromatic nitrogens is 2. The molecule has 1 aromatic carbocycles. The van der Waals surface area contributed by atoms with Crippen LogP contribution in [-0.2, 0) is 12.8 Å². The topological polar surface area (TPSA) is 44.2 Å². The fourth-order valence-corrected chi connectivity index (χ4v) is 14.5. The van der Waals surface area contributed by atoms with Gasteiger partial charge in [0.15, 0.2) is 0 Å². The highest BCUT2D eigenvalue weighted by Gasteiger charge is 2.26. The molecule has 0 radical (unpaired) electrons. The maximum Gasteiger partial charge on any atom is 0.146 e. The van der Waals surface area contributed by atoms with E-state index in [4.69, 9.17) is 19.4 Å². The summed E-state index contributed by atoms with van der Waals surface area (Å²) in [6, 6.07) is 4.82. The SMILES string of the molecule is CCCCCCCCCCCCCCc1nc(-c2cc3c(OCC(CC)CCCC)c4sc(-c5nc(CCCCCCCCCCCCCC)c(C)s5)cc4c(OCC(CC)CCCC)c3s2)sc1C. The lowest BCUT2D eigenvalue weighted by molar-refractivity contribution is 0.235. The molecule has 0 saturated heterocycles. The molecule has 4 heterocycles. The number of hydrogen-bond acceptors (Lipinski definition) is 8. The molecule has 4 aromatic heterocycles. The lowest BCUT2D eigenvalue weighted by Crippen LogP contribution is -2.12. The molecule has 0 N–H and O–H groups in total. The average Bonchev–Trinajstić information content (AvgIpc) is 4.18. The van der Waals surface area contributed by atoms with Crippen molar-refractivity contribution in [2.45, 2.75) is 274 Å². The van der Waals surface area contributed by atoms with E-state index >= 15 is 0 Å². The summed E-state index contributed by atoms with van der Waals surface area (Å²) in [6.07, 6.45) is 44.8. The van der Waals surface area contributed by atoms with Crippen molar-refractivity contribution in [3.05, 3.63) is 33.3 Å². The van der Waals surface area contributed by atoms with E-state index in [1.54, 1.807) is 0 Å². The highest BCUT2D eigenvalue weighted by atomic mass is 32.1. The van der Waals surface area contributed by atoms with Gasteiger partial charge in [-0.15, -0.1) is 45.3 Å². The van der Waals surface area contributed by atoms with Crippen molar-refractivity contribution in [2.75, 3.05) is 13.2 Å². The van der Waals surface area contributed by atoms with Gasteiger partial charge in [-0.1, -0.05) is 221 Å². The van der Waals surface area contributed by atoms with Crippen molar-refractivity contribution in [2.24, 2.45) is 11.8 Å². The average molecular weight is 1030 g/mol. The highest BCUT2D eigenvalue weighted by molar-refractivity contribution is 7.28. The molecule has 0 aliphatic rings. The molecule has 394 valence electrons.